The van der Waals surface area contributed by atoms with Crippen LogP contribution >= 0.6 is 0 Å². The fraction of sp³-hybridized carbons (Fsp3) is 0.500. The van der Waals surface area contributed by atoms with Crippen LogP contribution < -0.4 is 5.32 Å². The molecule has 0 unspecified atom stereocenters. The highest BCUT2D eigenvalue weighted by Gasteiger charge is 2.29. The van der Waals surface area contributed by atoms with Crippen LogP contribution in [-0.4, -0.2) is 36.2 Å². The average Bonchev–Trinajstić information content (AvgIpc) is 2.82. The Labute approximate surface area is 130 Å². The van der Waals surface area contributed by atoms with Crippen molar-refractivity contribution < 1.29 is 19.1 Å². The molecule has 0 fully saturated rings. The van der Waals surface area contributed by atoms with Crippen molar-refractivity contribution in [3.8, 4) is 0 Å². The van der Waals surface area contributed by atoms with Crippen molar-refractivity contribution in [1.29, 1.82) is 0 Å². The number of fused-ring (bicyclic) bond motifs is 1. The van der Waals surface area contributed by atoms with Crippen LogP contribution in [0.5, 0.6) is 0 Å². The van der Waals surface area contributed by atoms with Gasteiger partial charge in [0.05, 0.1) is 6.54 Å². The minimum Gasteiger partial charge on any atom is -0.444 e. The molecule has 1 aromatic rings. The maximum atomic E-state index is 12.2. The van der Waals surface area contributed by atoms with E-state index in [1.54, 1.807) is 4.90 Å². The van der Waals surface area contributed by atoms with E-state index in [0.29, 0.717) is 18.8 Å². The first-order valence-electron chi connectivity index (χ1n) is 7.17. The van der Waals surface area contributed by atoms with Crippen molar-refractivity contribution in [2.75, 3.05) is 19.0 Å². The maximum Gasteiger partial charge on any atom is 0.410 e. The number of ether oxygens (including phenoxy) is 2. The molecule has 0 atom stereocenters. The zero-order chi connectivity index (χ0) is 16.3. The first kappa shape index (κ1) is 16.3. The van der Waals surface area contributed by atoms with E-state index in [4.69, 9.17) is 9.47 Å². The van der Waals surface area contributed by atoms with Crippen molar-refractivity contribution >= 4 is 17.7 Å². The highest BCUT2D eigenvalue weighted by molar-refractivity contribution is 5.92. The number of anilines is 1. The Hall–Kier alpha value is -2.08. The van der Waals surface area contributed by atoms with Gasteiger partial charge in [0.25, 0.3) is 0 Å². The summed E-state index contributed by atoms with van der Waals surface area (Å²) in [6, 6.07) is 5.64. The van der Waals surface area contributed by atoms with Crippen molar-refractivity contribution in [1.82, 2.24) is 4.90 Å². The molecule has 1 aromatic carbocycles. The molecule has 0 saturated heterocycles. The van der Waals surface area contributed by atoms with Gasteiger partial charge in [0.15, 0.2) is 0 Å². The number of carbonyl (C=O) groups is 2. The first-order chi connectivity index (χ1) is 10.3. The number of hydrogen-bond acceptors (Lipinski definition) is 4. The highest BCUT2D eigenvalue weighted by Crippen LogP contribution is 2.30. The van der Waals surface area contributed by atoms with Crippen LogP contribution in [-0.2, 0) is 27.4 Å². The number of nitrogens with zero attached hydrogens (tertiary/aromatic N) is 1. The number of benzene rings is 1. The Morgan fingerprint density at radius 3 is 2.64 bits per heavy atom. The SMILES string of the molecule is COCC(=O)Nc1cccc2c1CN(C(=O)OC(C)(C)C)C2. The van der Waals surface area contributed by atoms with Crippen LogP contribution in [0.25, 0.3) is 0 Å². The standard InChI is InChI=1S/C16H22N2O4/c1-16(2,3)22-15(20)18-8-11-6-5-7-13(12(11)9-18)17-14(19)10-21-4/h5-7H,8-10H2,1-4H3,(H,17,19). The number of carbonyl (C=O) groups excluding carboxylic acids is 2. The summed E-state index contributed by atoms with van der Waals surface area (Å²) < 4.78 is 10.2. The quantitative estimate of drug-likeness (QED) is 0.931. The second-order valence-corrected chi connectivity index (χ2v) is 6.26. The van der Waals surface area contributed by atoms with E-state index in [1.807, 2.05) is 39.0 Å². The Balaban J connectivity index is 2.10. The summed E-state index contributed by atoms with van der Waals surface area (Å²) in [7, 11) is 1.47. The van der Waals surface area contributed by atoms with E-state index >= 15 is 0 Å². The molecule has 0 saturated carbocycles. The summed E-state index contributed by atoms with van der Waals surface area (Å²) >= 11 is 0. The molecule has 2 rings (SSSR count). The Morgan fingerprint density at radius 1 is 1.27 bits per heavy atom. The Morgan fingerprint density at radius 2 is 2.00 bits per heavy atom. The van der Waals surface area contributed by atoms with Crippen molar-refractivity contribution in [3.63, 3.8) is 0 Å². The molecule has 0 aliphatic carbocycles. The van der Waals surface area contributed by atoms with Gasteiger partial charge in [-0.15, -0.1) is 0 Å². The van der Waals surface area contributed by atoms with Crippen molar-refractivity contribution in [2.24, 2.45) is 0 Å². The third-order valence-electron chi connectivity index (χ3n) is 3.18. The second-order valence-electron chi connectivity index (χ2n) is 6.26. The molecule has 0 bridgehead atoms. The summed E-state index contributed by atoms with van der Waals surface area (Å²) in [5.41, 5.74) is 2.14. The van der Waals surface area contributed by atoms with Gasteiger partial charge in [-0.1, -0.05) is 12.1 Å². The average molecular weight is 306 g/mol. The lowest BCUT2D eigenvalue weighted by Crippen LogP contribution is -2.33. The van der Waals surface area contributed by atoms with E-state index in [-0.39, 0.29) is 18.6 Å². The van der Waals surface area contributed by atoms with Gasteiger partial charge in [0, 0.05) is 24.9 Å². The monoisotopic (exact) mass is 306 g/mol. The van der Waals surface area contributed by atoms with Gasteiger partial charge >= 0.3 is 6.09 Å². The van der Waals surface area contributed by atoms with E-state index in [9.17, 15) is 9.59 Å². The topological polar surface area (TPSA) is 67.9 Å². The lowest BCUT2D eigenvalue weighted by atomic mass is 10.1. The molecule has 0 spiro atoms. The molecule has 1 heterocycles. The lowest BCUT2D eigenvalue weighted by Gasteiger charge is -2.24. The fourth-order valence-corrected chi connectivity index (χ4v) is 2.31. The zero-order valence-corrected chi connectivity index (χ0v) is 13.4. The Kier molecular flexibility index (Phi) is 4.71. The third-order valence-corrected chi connectivity index (χ3v) is 3.18. The minimum absolute atomic E-state index is 0.000548. The van der Waals surface area contributed by atoms with E-state index in [2.05, 4.69) is 5.32 Å². The van der Waals surface area contributed by atoms with E-state index in [0.717, 1.165) is 11.1 Å². The number of rotatable bonds is 3. The van der Waals surface area contributed by atoms with Gasteiger partial charge in [0.1, 0.15) is 12.2 Å². The third kappa shape index (κ3) is 3.98. The molecular weight excluding hydrogens is 284 g/mol. The van der Waals surface area contributed by atoms with E-state index in [1.165, 1.54) is 7.11 Å². The number of hydrogen-bond donors (Lipinski definition) is 1. The summed E-state index contributed by atoms with van der Waals surface area (Å²) in [5.74, 6) is -0.216. The van der Waals surface area contributed by atoms with Gasteiger partial charge in [-0.2, -0.15) is 0 Å². The molecule has 0 aromatic heterocycles. The summed E-state index contributed by atoms with van der Waals surface area (Å²) in [6.45, 7) is 6.42. The largest absolute Gasteiger partial charge is 0.444 e. The predicted octanol–water partition coefficient (Wildman–Crippen LogP) is 2.52. The van der Waals surface area contributed by atoms with Crippen molar-refractivity contribution in [3.05, 3.63) is 29.3 Å². The van der Waals surface area contributed by atoms with Gasteiger partial charge in [0.2, 0.25) is 5.91 Å². The van der Waals surface area contributed by atoms with Crippen LogP contribution in [0.3, 0.4) is 0 Å². The zero-order valence-electron chi connectivity index (χ0n) is 13.4. The summed E-state index contributed by atoms with van der Waals surface area (Å²) in [6.07, 6.45) is -0.349. The molecule has 2 amide bonds. The van der Waals surface area contributed by atoms with E-state index < -0.39 is 5.60 Å². The van der Waals surface area contributed by atoms with Gasteiger partial charge < -0.3 is 14.8 Å². The van der Waals surface area contributed by atoms with Gasteiger partial charge in [-0.25, -0.2) is 4.79 Å². The number of nitrogens with one attached hydrogen (secondary N) is 1. The molecule has 1 aliphatic heterocycles. The second kappa shape index (κ2) is 6.36. The predicted molar refractivity (Wildman–Crippen MR) is 82.4 cm³/mol. The summed E-state index contributed by atoms with van der Waals surface area (Å²) in [5, 5.41) is 2.81. The molecule has 6 nitrogen and oxygen atoms in total. The van der Waals surface area contributed by atoms with Gasteiger partial charge in [-0.3, -0.25) is 9.69 Å². The van der Waals surface area contributed by atoms with Crippen LogP contribution in [0.1, 0.15) is 31.9 Å². The fourth-order valence-electron chi connectivity index (χ4n) is 2.31. The first-order valence-corrected chi connectivity index (χ1v) is 7.17. The van der Waals surface area contributed by atoms with Gasteiger partial charge in [-0.05, 0) is 32.4 Å². The molecule has 0 radical (unpaired) electrons. The molecule has 6 heteroatoms. The molecule has 22 heavy (non-hydrogen) atoms. The number of amides is 2. The van der Waals surface area contributed by atoms with Crippen molar-refractivity contribution in [2.45, 2.75) is 39.5 Å². The Bertz CT molecular complexity index is 578. The van der Waals surface area contributed by atoms with Crippen LogP contribution in [0.4, 0.5) is 10.5 Å². The normalized spacial score (nSPS) is 13.7. The summed E-state index contributed by atoms with van der Waals surface area (Å²) in [4.78, 5) is 25.5. The maximum absolute atomic E-state index is 12.2. The lowest BCUT2D eigenvalue weighted by molar-refractivity contribution is -0.119. The van der Waals surface area contributed by atoms with Crippen LogP contribution in [0, 0.1) is 0 Å². The van der Waals surface area contributed by atoms with Crippen LogP contribution in [0.2, 0.25) is 0 Å². The number of methoxy groups -OCH3 is 1. The highest BCUT2D eigenvalue weighted by atomic mass is 16.6. The molecule has 120 valence electrons. The molecular formula is C16H22N2O4. The smallest absolute Gasteiger partial charge is 0.410 e. The molecule has 1 aliphatic rings. The van der Waals surface area contributed by atoms with Crippen LogP contribution in [0.15, 0.2) is 18.2 Å². The molecule has 1 N–H and O–H groups in total. The minimum atomic E-state index is -0.526.